The first-order valence-corrected chi connectivity index (χ1v) is 7.33. The van der Waals surface area contributed by atoms with Gasteiger partial charge in [0.05, 0.1) is 18.2 Å². The van der Waals surface area contributed by atoms with Gasteiger partial charge in [0, 0.05) is 23.1 Å². The maximum atomic E-state index is 12.7. The molecule has 2 aromatic carbocycles. The lowest BCUT2D eigenvalue weighted by atomic mass is 10.1. The van der Waals surface area contributed by atoms with Crippen LogP contribution in [0.4, 0.5) is 13.2 Å². The summed E-state index contributed by atoms with van der Waals surface area (Å²) < 4.78 is 45.1. The molecule has 7 heteroatoms. The van der Waals surface area contributed by atoms with Gasteiger partial charge in [-0.15, -0.1) is 0 Å². The summed E-state index contributed by atoms with van der Waals surface area (Å²) in [7, 11) is 1.53. The molecule has 0 bridgehead atoms. The van der Waals surface area contributed by atoms with Crippen LogP contribution in [0.5, 0.6) is 5.75 Å². The van der Waals surface area contributed by atoms with E-state index in [1.807, 2.05) is 0 Å². The van der Waals surface area contributed by atoms with Gasteiger partial charge in [-0.3, -0.25) is 4.57 Å². The quantitative estimate of drug-likeness (QED) is 0.646. The van der Waals surface area contributed by atoms with Crippen LogP contribution in [0.3, 0.4) is 0 Å². The molecule has 0 unspecified atom stereocenters. The van der Waals surface area contributed by atoms with Crippen LogP contribution < -0.4 is 4.74 Å². The molecule has 0 amide bonds. The number of imidazole rings is 1. The minimum atomic E-state index is -4.37. The maximum absolute atomic E-state index is 12.7. The molecular weight excluding hydrogens is 341 g/mol. The van der Waals surface area contributed by atoms with Crippen molar-refractivity contribution in [1.29, 1.82) is 0 Å². The van der Waals surface area contributed by atoms with Crippen LogP contribution in [-0.2, 0) is 6.18 Å². The Balaban J connectivity index is 2.07. The van der Waals surface area contributed by atoms with Gasteiger partial charge in [0.15, 0.2) is 0 Å². The smallest absolute Gasteiger partial charge is 0.416 e. The lowest BCUT2D eigenvalue weighted by Gasteiger charge is -2.13. The zero-order chi connectivity index (χ0) is 17.3. The van der Waals surface area contributed by atoms with Gasteiger partial charge in [0.2, 0.25) is 0 Å². The Bertz CT molecular complexity index is 857. The van der Waals surface area contributed by atoms with Gasteiger partial charge in [0.1, 0.15) is 11.6 Å². The summed E-state index contributed by atoms with van der Waals surface area (Å²) in [5, 5.41) is 0.507. The normalized spacial score (nSPS) is 11.5. The average molecular weight is 353 g/mol. The van der Waals surface area contributed by atoms with Crippen molar-refractivity contribution in [3.8, 4) is 22.8 Å². The number of halogens is 4. The minimum Gasteiger partial charge on any atom is -0.496 e. The fraction of sp³-hybridized carbons (Fsp3) is 0.118. The van der Waals surface area contributed by atoms with Crippen LogP contribution in [0.1, 0.15) is 5.56 Å². The van der Waals surface area contributed by atoms with Gasteiger partial charge in [-0.1, -0.05) is 11.6 Å². The highest BCUT2D eigenvalue weighted by Gasteiger charge is 2.30. The van der Waals surface area contributed by atoms with Crippen molar-refractivity contribution in [2.24, 2.45) is 0 Å². The van der Waals surface area contributed by atoms with Crippen LogP contribution in [0.2, 0.25) is 5.02 Å². The van der Waals surface area contributed by atoms with Crippen molar-refractivity contribution >= 4 is 11.6 Å². The van der Waals surface area contributed by atoms with Crippen LogP contribution in [0.25, 0.3) is 17.1 Å². The Hall–Kier alpha value is -2.47. The summed E-state index contributed by atoms with van der Waals surface area (Å²) in [6.07, 6.45) is -1.14. The number of methoxy groups -OCH3 is 1. The first-order chi connectivity index (χ1) is 11.4. The van der Waals surface area contributed by atoms with E-state index in [9.17, 15) is 13.2 Å². The molecule has 0 aliphatic rings. The molecule has 0 aliphatic heterocycles. The third-order valence-electron chi connectivity index (χ3n) is 3.52. The Morgan fingerprint density at radius 1 is 1.08 bits per heavy atom. The summed E-state index contributed by atoms with van der Waals surface area (Å²) in [6.45, 7) is 0. The van der Waals surface area contributed by atoms with E-state index >= 15 is 0 Å². The number of hydrogen-bond acceptors (Lipinski definition) is 2. The van der Waals surface area contributed by atoms with Gasteiger partial charge in [0.25, 0.3) is 0 Å². The zero-order valence-electron chi connectivity index (χ0n) is 12.5. The second-order valence-corrected chi connectivity index (χ2v) is 5.45. The highest BCUT2D eigenvalue weighted by molar-refractivity contribution is 6.30. The summed E-state index contributed by atoms with van der Waals surface area (Å²) in [6, 6.07) is 9.96. The number of aromatic nitrogens is 2. The lowest BCUT2D eigenvalue weighted by Crippen LogP contribution is -2.05. The summed E-state index contributed by atoms with van der Waals surface area (Å²) >= 11 is 6.04. The minimum absolute atomic E-state index is 0.507. The van der Waals surface area contributed by atoms with Gasteiger partial charge in [-0.05, 0) is 42.5 Å². The first-order valence-electron chi connectivity index (χ1n) is 6.95. The van der Waals surface area contributed by atoms with E-state index < -0.39 is 11.7 Å². The van der Waals surface area contributed by atoms with E-state index in [2.05, 4.69) is 4.98 Å². The standard InChI is InChI=1S/C17H12ClF3N2O/c1-24-15-7-4-12(18)10-14(15)16-22-8-9-23(16)13-5-2-11(3-6-13)17(19,20)21/h2-10H,1H3. The number of rotatable bonds is 3. The molecule has 3 aromatic rings. The van der Waals surface area contributed by atoms with E-state index in [1.165, 1.54) is 19.2 Å². The lowest BCUT2D eigenvalue weighted by molar-refractivity contribution is -0.137. The molecule has 1 heterocycles. The van der Waals surface area contributed by atoms with Crippen molar-refractivity contribution in [3.05, 3.63) is 65.4 Å². The fourth-order valence-electron chi connectivity index (χ4n) is 2.38. The Morgan fingerprint density at radius 3 is 2.42 bits per heavy atom. The Morgan fingerprint density at radius 2 is 1.79 bits per heavy atom. The van der Waals surface area contributed by atoms with Crippen molar-refractivity contribution in [3.63, 3.8) is 0 Å². The van der Waals surface area contributed by atoms with Crippen LogP contribution in [-0.4, -0.2) is 16.7 Å². The SMILES string of the molecule is COc1ccc(Cl)cc1-c1nccn1-c1ccc(C(F)(F)F)cc1. The van der Waals surface area contributed by atoms with Gasteiger partial charge < -0.3 is 4.74 Å². The number of nitrogens with zero attached hydrogens (tertiary/aromatic N) is 2. The predicted octanol–water partition coefficient (Wildman–Crippen LogP) is 5.22. The topological polar surface area (TPSA) is 27.1 Å². The second kappa shape index (κ2) is 6.20. The van der Waals surface area contributed by atoms with Gasteiger partial charge in [-0.2, -0.15) is 13.2 Å². The van der Waals surface area contributed by atoms with E-state index in [-0.39, 0.29) is 0 Å². The van der Waals surface area contributed by atoms with Crippen LogP contribution in [0, 0.1) is 0 Å². The molecular formula is C17H12ClF3N2O. The molecule has 0 radical (unpaired) electrons. The number of hydrogen-bond donors (Lipinski definition) is 0. The van der Waals surface area contributed by atoms with E-state index in [0.717, 1.165) is 12.1 Å². The second-order valence-electron chi connectivity index (χ2n) is 5.01. The molecule has 0 saturated heterocycles. The maximum Gasteiger partial charge on any atom is 0.416 e. The van der Waals surface area contributed by atoms with Gasteiger partial charge in [-0.25, -0.2) is 4.98 Å². The number of alkyl halides is 3. The summed E-state index contributed by atoms with van der Waals surface area (Å²) in [4.78, 5) is 4.29. The molecule has 3 nitrogen and oxygen atoms in total. The third kappa shape index (κ3) is 3.10. The van der Waals surface area contributed by atoms with Crippen molar-refractivity contribution < 1.29 is 17.9 Å². The Kier molecular flexibility index (Phi) is 4.24. The van der Waals surface area contributed by atoms with Crippen molar-refractivity contribution in [2.45, 2.75) is 6.18 Å². The molecule has 0 aliphatic carbocycles. The average Bonchev–Trinajstić information content (AvgIpc) is 3.03. The first kappa shape index (κ1) is 16.4. The third-order valence-corrected chi connectivity index (χ3v) is 3.75. The molecule has 124 valence electrons. The van der Waals surface area contributed by atoms with Crippen molar-refractivity contribution in [1.82, 2.24) is 9.55 Å². The monoisotopic (exact) mass is 352 g/mol. The predicted molar refractivity (Wildman–Crippen MR) is 85.6 cm³/mol. The van der Waals surface area contributed by atoms with E-state index in [4.69, 9.17) is 16.3 Å². The molecule has 0 atom stereocenters. The van der Waals surface area contributed by atoms with Crippen LogP contribution in [0.15, 0.2) is 54.9 Å². The van der Waals surface area contributed by atoms with E-state index in [1.54, 1.807) is 35.2 Å². The molecule has 0 spiro atoms. The molecule has 3 rings (SSSR count). The highest BCUT2D eigenvalue weighted by Crippen LogP contribution is 2.34. The van der Waals surface area contributed by atoms with Gasteiger partial charge >= 0.3 is 6.18 Å². The van der Waals surface area contributed by atoms with Crippen molar-refractivity contribution in [2.75, 3.05) is 7.11 Å². The summed E-state index contributed by atoms with van der Waals surface area (Å²) in [5.41, 5.74) is 0.501. The highest BCUT2D eigenvalue weighted by atomic mass is 35.5. The number of benzene rings is 2. The van der Waals surface area contributed by atoms with Crippen LogP contribution >= 0.6 is 11.6 Å². The summed E-state index contributed by atoms with van der Waals surface area (Å²) in [5.74, 6) is 1.09. The fourth-order valence-corrected chi connectivity index (χ4v) is 2.55. The Labute approximate surface area is 141 Å². The number of ether oxygens (including phenoxy) is 1. The van der Waals surface area contributed by atoms with E-state index in [0.29, 0.717) is 27.8 Å². The molecule has 0 saturated carbocycles. The zero-order valence-corrected chi connectivity index (χ0v) is 13.3. The molecule has 0 fully saturated rings. The molecule has 0 N–H and O–H groups in total. The molecule has 24 heavy (non-hydrogen) atoms. The molecule has 1 aromatic heterocycles. The largest absolute Gasteiger partial charge is 0.496 e.